The van der Waals surface area contributed by atoms with Gasteiger partial charge in [-0.2, -0.15) is 0 Å². The molecule has 1 fully saturated rings. The molecule has 1 N–H and O–H groups in total. The number of carbonyl (C=O) groups excluding carboxylic acids is 2. The molecule has 0 saturated carbocycles. The van der Waals surface area contributed by atoms with Gasteiger partial charge in [-0.3, -0.25) is 4.79 Å². The minimum atomic E-state index is -0.487. The van der Waals surface area contributed by atoms with Gasteiger partial charge in [-0.1, -0.05) is 6.08 Å². The summed E-state index contributed by atoms with van der Waals surface area (Å²) in [6.07, 6.45) is 6.87. The van der Waals surface area contributed by atoms with Gasteiger partial charge in [0.15, 0.2) is 0 Å². The number of dihydropyridines is 1. The maximum absolute atomic E-state index is 12.2. The summed E-state index contributed by atoms with van der Waals surface area (Å²) >= 11 is 0. The zero-order chi connectivity index (χ0) is 17.7. The highest BCUT2D eigenvalue weighted by atomic mass is 16.6. The van der Waals surface area contributed by atoms with Crippen molar-refractivity contribution in [3.63, 3.8) is 0 Å². The molecule has 134 valence electrons. The first kappa shape index (κ1) is 18.4. The number of nitrogens with zero attached hydrogens (tertiary/aromatic N) is 1. The topological polar surface area (TPSA) is 67.9 Å². The van der Waals surface area contributed by atoms with Crippen molar-refractivity contribution in [1.82, 2.24) is 10.2 Å². The van der Waals surface area contributed by atoms with Crippen molar-refractivity contribution < 1.29 is 19.1 Å². The van der Waals surface area contributed by atoms with Gasteiger partial charge >= 0.3 is 12.1 Å². The van der Waals surface area contributed by atoms with Crippen molar-refractivity contribution >= 4 is 12.1 Å². The van der Waals surface area contributed by atoms with Crippen LogP contribution in [-0.2, 0) is 14.3 Å². The normalized spacial score (nSPS) is 20.0. The molecule has 6 heteroatoms. The molecular weight excluding hydrogens is 308 g/mol. The van der Waals surface area contributed by atoms with Crippen molar-refractivity contribution in [3.8, 4) is 0 Å². The molecule has 0 aromatic heterocycles. The third-order valence-corrected chi connectivity index (χ3v) is 4.11. The van der Waals surface area contributed by atoms with Crippen molar-refractivity contribution in [2.24, 2.45) is 5.92 Å². The second kappa shape index (κ2) is 7.73. The highest BCUT2D eigenvalue weighted by molar-refractivity contribution is 5.68. The van der Waals surface area contributed by atoms with Gasteiger partial charge in [-0.05, 0) is 51.5 Å². The van der Waals surface area contributed by atoms with Gasteiger partial charge in [-0.25, -0.2) is 4.79 Å². The number of rotatable bonds is 3. The minimum absolute atomic E-state index is 0.215. The number of amides is 1. The Morgan fingerprint density at radius 2 is 1.96 bits per heavy atom. The Morgan fingerprint density at radius 1 is 1.29 bits per heavy atom. The number of likely N-dealkylation sites (tertiary alicyclic amines) is 1. The first-order chi connectivity index (χ1) is 11.3. The molecule has 0 aliphatic carbocycles. The highest BCUT2D eigenvalue weighted by Crippen LogP contribution is 2.28. The summed E-state index contributed by atoms with van der Waals surface area (Å²) in [6, 6.07) is 0. The fourth-order valence-electron chi connectivity index (χ4n) is 3.04. The van der Waals surface area contributed by atoms with E-state index in [-0.39, 0.29) is 24.1 Å². The van der Waals surface area contributed by atoms with E-state index in [1.807, 2.05) is 39.1 Å². The van der Waals surface area contributed by atoms with E-state index in [0.717, 1.165) is 18.4 Å². The fourth-order valence-corrected chi connectivity index (χ4v) is 3.04. The molecule has 0 spiro atoms. The summed E-state index contributed by atoms with van der Waals surface area (Å²) in [5.41, 5.74) is 0.586. The number of hydrogen-bond acceptors (Lipinski definition) is 5. The Morgan fingerprint density at radius 3 is 2.46 bits per heavy atom. The third kappa shape index (κ3) is 5.28. The van der Waals surface area contributed by atoms with Crippen LogP contribution in [0.2, 0.25) is 0 Å². The van der Waals surface area contributed by atoms with E-state index in [2.05, 4.69) is 5.32 Å². The van der Waals surface area contributed by atoms with Gasteiger partial charge in [0.05, 0.1) is 0 Å². The standard InChI is InChI=1S/C18H28N2O4/c1-13(21)23-16(15-6-5-9-19-12-15)14-7-10-20(11-8-14)17(22)24-18(2,3)4/h5-6,9,14,16,19H,7-8,10-12H2,1-4H3. The van der Waals surface area contributed by atoms with Crippen LogP contribution in [0, 0.1) is 5.92 Å². The van der Waals surface area contributed by atoms with E-state index in [0.29, 0.717) is 19.6 Å². The second-order valence-corrected chi connectivity index (χ2v) is 7.32. The maximum atomic E-state index is 12.2. The fraction of sp³-hybridized carbons (Fsp3) is 0.667. The zero-order valence-corrected chi connectivity index (χ0v) is 15.0. The molecule has 24 heavy (non-hydrogen) atoms. The summed E-state index contributed by atoms with van der Waals surface area (Å²) in [5, 5.41) is 3.16. The minimum Gasteiger partial charge on any atom is -0.458 e. The van der Waals surface area contributed by atoms with E-state index in [1.54, 1.807) is 4.90 Å². The SMILES string of the molecule is CC(=O)OC(C1=CC=CNC1)C1CCN(C(=O)OC(C)(C)C)CC1. The Balaban J connectivity index is 1.97. The molecule has 6 nitrogen and oxygen atoms in total. The Bertz CT molecular complexity index is 526. The van der Waals surface area contributed by atoms with Crippen LogP contribution in [0.4, 0.5) is 4.79 Å². The lowest BCUT2D eigenvalue weighted by atomic mass is 9.86. The van der Waals surface area contributed by atoms with E-state index >= 15 is 0 Å². The average Bonchev–Trinajstić information content (AvgIpc) is 2.52. The quantitative estimate of drug-likeness (QED) is 0.803. The second-order valence-electron chi connectivity index (χ2n) is 7.32. The molecule has 1 saturated heterocycles. The van der Waals surface area contributed by atoms with Crippen LogP contribution in [0.5, 0.6) is 0 Å². The molecule has 1 unspecified atom stereocenters. The predicted octanol–water partition coefficient (Wildman–Crippen LogP) is 2.61. The summed E-state index contributed by atoms with van der Waals surface area (Å²) in [5.74, 6) is -0.0582. The molecule has 0 aromatic carbocycles. The van der Waals surface area contributed by atoms with Crippen LogP contribution in [-0.4, -0.2) is 48.3 Å². The highest BCUT2D eigenvalue weighted by Gasteiger charge is 2.33. The monoisotopic (exact) mass is 336 g/mol. The van der Waals surface area contributed by atoms with E-state index in [1.165, 1.54) is 6.92 Å². The molecule has 1 atom stereocenters. The lowest BCUT2D eigenvalue weighted by Crippen LogP contribution is -2.45. The van der Waals surface area contributed by atoms with E-state index in [9.17, 15) is 9.59 Å². The third-order valence-electron chi connectivity index (χ3n) is 4.11. The number of carbonyl (C=O) groups is 2. The number of hydrogen-bond donors (Lipinski definition) is 1. The molecule has 1 amide bonds. The first-order valence-corrected chi connectivity index (χ1v) is 8.50. The zero-order valence-electron chi connectivity index (χ0n) is 15.0. The number of ether oxygens (including phenoxy) is 2. The molecule has 0 aromatic rings. The largest absolute Gasteiger partial charge is 0.458 e. The molecule has 2 aliphatic rings. The van der Waals surface area contributed by atoms with Gasteiger partial charge in [-0.15, -0.1) is 0 Å². The number of allylic oxidation sites excluding steroid dienone is 2. The van der Waals surface area contributed by atoms with Crippen LogP contribution >= 0.6 is 0 Å². The molecule has 2 aliphatic heterocycles. The number of nitrogens with one attached hydrogen (secondary N) is 1. The van der Waals surface area contributed by atoms with Crippen LogP contribution in [0.15, 0.2) is 23.9 Å². The maximum Gasteiger partial charge on any atom is 0.410 e. The molecule has 2 heterocycles. The van der Waals surface area contributed by atoms with Crippen LogP contribution in [0.3, 0.4) is 0 Å². The summed E-state index contributed by atoms with van der Waals surface area (Å²) < 4.78 is 11.0. The lowest BCUT2D eigenvalue weighted by Gasteiger charge is -2.37. The number of esters is 1. The Kier molecular flexibility index (Phi) is 5.91. The summed E-state index contributed by atoms with van der Waals surface area (Å²) in [7, 11) is 0. The van der Waals surface area contributed by atoms with Crippen molar-refractivity contribution in [2.75, 3.05) is 19.6 Å². The first-order valence-electron chi connectivity index (χ1n) is 8.50. The van der Waals surface area contributed by atoms with Crippen LogP contribution in [0.1, 0.15) is 40.5 Å². The smallest absolute Gasteiger partial charge is 0.410 e. The van der Waals surface area contributed by atoms with Gasteiger partial charge < -0.3 is 19.7 Å². The molecular formula is C18H28N2O4. The molecule has 0 radical (unpaired) electrons. The average molecular weight is 336 g/mol. The van der Waals surface area contributed by atoms with Crippen LogP contribution < -0.4 is 5.32 Å². The molecule has 0 bridgehead atoms. The number of piperidine rings is 1. The van der Waals surface area contributed by atoms with Gasteiger partial charge in [0, 0.05) is 32.5 Å². The van der Waals surface area contributed by atoms with Gasteiger partial charge in [0.25, 0.3) is 0 Å². The predicted molar refractivity (Wildman–Crippen MR) is 91.3 cm³/mol. The summed E-state index contributed by atoms with van der Waals surface area (Å²) in [6.45, 7) is 8.96. The van der Waals surface area contributed by atoms with E-state index < -0.39 is 5.60 Å². The van der Waals surface area contributed by atoms with Gasteiger partial charge in [0.2, 0.25) is 0 Å². The van der Waals surface area contributed by atoms with Crippen molar-refractivity contribution in [1.29, 1.82) is 0 Å². The summed E-state index contributed by atoms with van der Waals surface area (Å²) in [4.78, 5) is 25.4. The van der Waals surface area contributed by atoms with E-state index in [4.69, 9.17) is 9.47 Å². The molecule has 2 rings (SSSR count). The Hall–Kier alpha value is -1.98. The van der Waals surface area contributed by atoms with Crippen molar-refractivity contribution in [3.05, 3.63) is 23.9 Å². The van der Waals surface area contributed by atoms with Gasteiger partial charge in [0.1, 0.15) is 11.7 Å². The van der Waals surface area contributed by atoms with Crippen molar-refractivity contribution in [2.45, 2.75) is 52.2 Å². The lowest BCUT2D eigenvalue weighted by molar-refractivity contribution is -0.147. The van der Waals surface area contributed by atoms with Crippen LogP contribution in [0.25, 0.3) is 0 Å². The Labute approximate surface area is 143 Å².